The molecule has 0 amide bonds. The van der Waals surface area contributed by atoms with Crippen LogP contribution in [0.3, 0.4) is 0 Å². The molecule has 1 aromatic heterocycles. The lowest BCUT2D eigenvalue weighted by atomic mass is 10.00. The predicted octanol–water partition coefficient (Wildman–Crippen LogP) is 3.31. The highest BCUT2D eigenvalue weighted by atomic mass is 32.2. The molecule has 2 unspecified atom stereocenters. The zero-order valence-electron chi connectivity index (χ0n) is 13.4. The summed E-state index contributed by atoms with van der Waals surface area (Å²) in [4.78, 5) is 9.16. The fraction of sp³-hybridized carbons (Fsp3) is 0.688. The second-order valence-corrected chi connectivity index (χ2v) is 7.17. The third kappa shape index (κ3) is 3.75. The van der Waals surface area contributed by atoms with E-state index in [0.29, 0.717) is 5.25 Å². The number of hydrogen-bond donors (Lipinski definition) is 1. The predicted molar refractivity (Wildman–Crippen MR) is 86.4 cm³/mol. The molecule has 0 saturated heterocycles. The molecule has 1 N–H and O–H groups in total. The van der Waals surface area contributed by atoms with Crippen LogP contribution in [0, 0.1) is 32.1 Å². The minimum atomic E-state index is -0.345. The first-order valence-corrected chi connectivity index (χ1v) is 8.52. The van der Waals surface area contributed by atoms with Gasteiger partial charge in [0.1, 0.15) is 5.54 Å². The minimum absolute atomic E-state index is 0.345. The standard InChI is InChI=1S/C16H24N4S/c1-5-8-18-16(10-17)7-6-14(9-16)21-15-19-12(3)11(2)13(4)20-15/h14,18H,5-9H2,1-4H3. The lowest BCUT2D eigenvalue weighted by molar-refractivity contribution is 0.424. The first-order chi connectivity index (χ1) is 9.99. The molecule has 1 saturated carbocycles. The average molecular weight is 304 g/mol. The Bertz CT molecular complexity index is 529. The van der Waals surface area contributed by atoms with Crippen molar-refractivity contribution < 1.29 is 0 Å². The van der Waals surface area contributed by atoms with Gasteiger partial charge >= 0.3 is 0 Å². The van der Waals surface area contributed by atoms with E-state index in [1.807, 2.05) is 13.8 Å². The van der Waals surface area contributed by atoms with Crippen LogP contribution in [0.2, 0.25) is 0 Å². The molecule has 1 aromatic rings. The average Bonchev–Trinajstić information content (AvgIpc) is 2.86. The maximum Gasteiger partial charge on any atom is 0.188 e. The summed E-state index contributed by atoms with van der Waals surface area (Å²) in [6, 6.07) is 2.49. The van der Waals surface area contributed by atoms with Crippen LogP contribution < -0.4 is 5.32 Å². The molecule has 0 bridgehead atoms. The number of nitrogens with zero attached hydrogens (tertiary/aromatic N) is 3. The summed E-state index contributed by atoms with van der Waals surface area (Å²) < 4.78 is 0. The summed E-state index contributed by atoms with van der Waals surface area (Å²) in [6.45, 7) is 9.16. The molecule has 1 fully saturated rings. The number of nitrogens with one attached hydrogen (secondary N) is 1. The number of aromatic nitrogens is 2. The van der Waals surface area contributed by atoms with Crippen molar-refractivity contribution in [2.75, 3.05) is 6.54 Å². The van der Waals surface area contributed by atoms with Gasteiger partial charge in [0.25, 0.3) is 0 Å². The van der Waals surface area contributed by atoms with Gasteiger partial charge in [0.15, 0.2) is 5.16 Å². The molecule has 1 aliphatic carbocycles. The van der Waals surface area contributed by atoms with Gasteiger partial charge < -0.3 is 0 Å². The summed E-state index contributed by atoms with van der Waals surface area (Å²) in [7, 11) is 0. The fourth-order valence-corrected chi connectivity index (χ4v) is 3.99. The van der Waals surface area contributed by atoms with Gasteiger partial charge in [-0.15, -0.1) is 0 Å². The molecule has 114 valence electrons. The minimum Gasteiger partial charge on any atom is -0.299 e. The van der Waals surface area contributed by atoms with E-state index in [1.54, 1.807) is 11.8 Å². The smallest absolute Gasteiger partial charge is 0.188 e. The van der Waals surface area contributed by atoms with Gasteiger partial charge in [-0.05, 0) is 58.6 Å². The van der Waals surface area contributed by atoms with Crippen molar-refractivity contribution >= 4 is 11.8 Å². The lowest BCUT2D eigenvalue weighted by Crippen LogP contribution is -2.42. The van der Waals surface area contributed by atoms with Gasteiger partial charge in [-0.1, -0.05) is 18.7 Å². The number of hydrogen-bond acceptors (Lipinski definition) is 5. The molecular weight excluding hydrogens is 280 g/mol. The summed E-state index contributed by atoms with van der Waals surface area (Å²) in [5.41, 5.74) is 2.93. The van der Waals surface area contributed by atoms with Gasteiger partial charge in [-0.3, -0.25) is 5.32 Å². The van der Waals surface area contributed by atoms with E-state index in [1.165, 1.54) is 5.56 Å². The van der Waals surface area contributed by atoms with Gasteiger partial charge in [0.2, 0.25) is 0 Å². The largest absolute Gasteiger partial charge is 0.299 e. The van der Waals surface area contributed by atoms with E-state index in [0.717, 1.165) is 48.8 Å². The molecule has 0 aromatic carbocycles. The Hall–Kier alpha value is -1.12. The molecular formula is C16H24N4S. The third-order valence-corrected chi connectivity index (χ3v) is 5.41. The van der Waals surface area contributed by atoms with Gasteiger partial charge in [-0.25, -0.2) is 9.97 Å². The Morgan fingerprint density at radius 2 is 2.00 bits per heavy atom. The number of aryl methyl sites for hydroxylation is 2. The molecule has 0 aliphatic heterocycles. The fourth-order valence-electron chi connectivity index (χ4n) is 2.71. The Balaban J connectivity index is 2.04. The molecule has 5 heteroatoms. The van der Waals surface area contributed by atoms with Crippen LogP contribution in [0.5, 0.6) is 0 Å². The van der Waals surface area contributed by atoms with Crippen LogP contribution >= 0.6 is 11.8 Å². The van der Waals surface area contributed by atoms with E-state index in [9.17, 15) is 5.26 Å². The molecule has 0 radical (unpaired) electrons. The molecule has 2 atom stereocenters. The second-order valence-electron chi connectivity index (χ2n) is 5.91. The quantitative estimate of drug-likeness (QED) is 0.846. The Morgan fingerprint density at radius 3 is 2.57 bits per heavy atom. The first-order valence-electron chi connectivity index (χ1n) is 7.64. The van der Waals surface area contributed by atoms with Gasteiger partial charge in [0, 0.05) is 16.6 Å². The molecule has 2 rings (SSSR count). The lowest BCUT2D eigenvalue weighted by Gasteiger charge is -2.22. The van der Waals surface area contributed by atoms with Crippen LogP contribution in [0.15, 0.2) is 5.16 Å². The van der Waals surface area contributed by atoms with Crippen LogP contribution in [0.1, 0.15) is 49.6 Å². The van der Waals surface area contributed by atoms with Gasteiger partial charge in [0.05, 0.1) is 6.07 Å². The molecule has 4 nitrogen and oxygen atoms in total. The highest BCUT2D eigenvalue weighted by Gasteiger charge is 2.39. The summed E-state index contributed by atoms with van der Waals surface area (Å²) in [5.74, 6) is 0. The van der Waals surface area contributed by atoms with Crippen molar-refractivity contribution in [3.8, 4) is 6.07 Å². The number of nitriles is 1. The Kier molecular flexibility index (Phi) is 5.23. The summed E-state index contributed by atoms with van der Waals surface area (Å²) >= 11 is 1.73. The van der Waals surface area contributed by atoms with Crippen molar-refractivity contribution in [2.45, 2.75) is 69.3 Å². The maximum atomic E-state index is 9.50. The van der Waals surface area contributed by atoms with Crippen LogP contribution in [-0.4, -0.2) is 27.3 Å². The molecule has 1 heterocycles. The highest BCUT2D eigenvalue weighted by molar-refractivity contribution is 7.99. The molecule has 1 aliphatic rings. The normalized spacial score (nSPS) is 25.0. The van der Waals surface area contributed by atoms with Crippen molar-refractivity contribution in [3.63, 3.8) is 0 Å². The Labute approximate surface area is 131 Å². The third-order valence-electron chi connectivity index (χ3n) is 4.28. The van der Waals surface area contributed by atoms with E-state index in [4.69, 9.17) is 0 Å². The van der Waals surface area contributed by atoms with Crippen molar-refractivity contribution in [2.24, 2.45) is 0 Å². The number of rotatable bonds is 5. The highest BCUT2D eigenvalue weighted by Crippen LogP contribution is 2.39. The maximum absolute atomic E-state index is 9.50. The van der Waals surface area contributed by atoms with Crippen molar-refractivity contribution in [1.82, 2.24) is 15.3 Å². The van der Waals surface area contributed by atoms with Crippen molar-refractivity contribution in [3.05, 3.63) is 17.0 Å². The monoisotopic (exact) mass is 304 g/mol. The molecule has 21 heavy (non-hydrogen) atoms. The van der Waals surface area contributed by atoms with E-state index in [2.05, 4.69) is 35.2 Å². The van der Waals surface area contributed by atoms with E-state index >= 15 is 0 Å². The zero-order chi connectivity index (χ0) is 15.5. The topological polar surface area (TPSA) is 61.6 Å². The van der Waals surface area contributed by atoms with Gasteiger partial charge in [-0.2, -0.15) is 5.26 Å². The van der Waals surface area contributed by atoms with Crippen LogP contribution in [-0.2, 0) is 0 Å². The van der Waals surface area contributed by atoms with E-state index < -0.39 is 0 Å². The van der Waals surface area contributed by atoms with Crippen molar-refractivity contribution in [1.29, 1.82) is 5.26 Å². The summed E-state index contributed by atoms with van der Waals surface area (Å²) in [5, 5.41) is 14.2. The van der Waals surface area contributed by atoms with Crippen LogP contribution in [0.25, 0.3) is 0 Å². The first kappa shape index (κ1) is 16.3. The molecule has 0 spiro atoms. The number of thioether (sulfide) groups is 1. The summed E-state index contributed by atoms with van der Waals surface area (Å²) in [6.07, 6.45) is 3.90. The van der Waals surface area contributed by atoms with E-state index in [-0.39, 0.29) is 5.54 Å². The zero-order valence-corrected chi connectivity index (χ0v) is 14.2. The van der Waals surface area contributed by atoms with Crippen LogP contribution in [0.4, 0.5) is 0 Å². The Morgan fingerprint density at radius 1 is 1.33 bits per heavy atom. The SMILES string of the molecule is CCCNC1(C#N)CCC(Sc2nc(C)c(C)c(C)n2)C1. The second kappa shape index (κ2) is 6.76.